The van der Waals surface area contributed by atoms with Crippen LogP contribution in [-0.4, -0.2) is 57.8 Å². The number of allylic oxidation sites excluding steroid dienone is 2. The molecular formula is C48H48IN3O6S. The highest BCUT2D eigenvalue weighted by atomic mass is 127. The molecule has 0 fully saturated rings. The molecule has 2 N–H and O–H groups in total. The van der Waals surface area contributed by atoms with Gasteiger partial charge in [-0.2, -0.15) is 0 Å². The number of halogens is 1. The summed E-state index contributed by atoms with van der Waals surface area (Å²) in [6.45, 7) is 0.737. The molecule has 0 bridgehead atoms. The van der Waals surface area contributed by atoms with Gasteiger partial charge >= 0.3 is 6.09 Å². The number of benzene rings is 5. The van der Waals surface area contributed by atoms with Crippen molar-refractivity contribution in [1.82, 2.24) is 5.32 Å². The zero-order valence-electron chi connectivity index (χ0n) is 33.3. The summed E-state index contributed by atoms with van der Waals surface area (Å²) in [7, 11) is 5.31. The van der Waals surface area contributed by atoms with E-state index in [1.165, 1.54) is 15.8 Å². The molecule has 5 aromatic carbocycles. The second-order valence-corrected chi connectivity index (χ2v) is 14.9. The van der Waals surface area contributed by atoms with Crippen molar-refractivity contribution in [3.8, 4) is 11.5 Å². The van der Waals surface area contributed by atoms with Crippen molar-refractivity contribution in [2.45, 2.75) is 23.0 Å². The highest BCUT2D eigenvalue weighted by Gasteiger charge is 2.38. The number of fused-ring (bicyclic) bond motifs is 2. The van der Waals surface area contributed by atoms with Gasteiger partial charge in [0.05, 0.1) is 49.6 Å². The van der Waals surface area contributed by atoms with Crippen LogP contribution in [0.3, 0.4) is 0 Å². The number of nitrogens with one attached hydrogen (secondary N) is 1. The van der Waals surface area contributed by atoms with Crippen LogP contribution in [0.5, 0.6) is 11.5 Å². The smallest absolute Gasteiger partial charge is 0.407 e. The number of aliphatic hydroxyl groups is 1. The van der Waals surface area contributed by atoms with Crippen LogP contribution in [0, 0.1) is 0 Å². The number of ether oxygens (including phenoxy) is 4. The summed E-state index contributed by atoms with van der Waals surface area (Å²) in [6, 6.07) is 44.1. The summed E-state index contributed by atoms with van der Waals surface area (Å²) in [5, 5.41) is 16.2. The summed E-state index contributed by atoms with van der Waals surface area (Å²) < 4.78 is 25.3. The van der Waals surface area contributed by atoms with Gasteiger partial charge in [-0.05, 0) is 77.2 Å². The Bertz CT molecular complexity index is 2330. The fraction of sp³-hybridized carbons (Fsp3) is 0.208. The first kappa shape index (κ1) is 43.2. The lowest BCUT2D eigenvalue weighted by Crippen LogP contribution is -3.00. The standard InChI is InChI=1S/C48H47N3O6S.HI/c1-50-31-29-35(42-16-7-8-17-43(42)50)13-11-20-46-51(44-18-9-10-19-45(44)58-46)30-12-32-56-47(53)49-33-39(52)34-57-48(36-14-5-4-6-15-36,37-21-25-40(54-2)26-22-37)38-23-27-41(55-3)28-24-38;/h4-11,13-29,31,39,52H,12,30,32-34H2,1-3H3;1H/t39-;/m0./s1. The molecule has 59 heavy (non-hydrogen) atoms. The molecule has 9 nitrogen and oxygen atoms in total. The quantitative estimate of drug-likeness (QED) is 0.0559. The maximum atomic E-state index is 12.8. The summed E-state index contributed by atoms with van der Waals surface area (Å²) in [6.07, 6.45) is 7.44. The lowest BCUT2D eigenvalue weighted by molar-refractivity contribution is -0.644. The number of aliphatic hydroxyl groups excluding tert-OH is 1. The minimum Gasteiger partial charge on any atom is -1.00 e. The third-order valence-corrected chi connectivity index (χ3v) is 11.3. The summed E-state index contributed by atoms with van der Waals surface area (Å²) in [4.78, 5) is 16.3. The van der Waals surface area contributed by atoms with Crippen molar-refractivity contribution in [2.75, 3.05) is 45.4 Å². The molecule has 0 unspecified atom stereocenters. The van der Waals surface area contributed by atoms with Gasteiger partial charge in [-0.1, -0.05) is 103 Å². The van der Waals surface area contributed by atoms with E-state index in [9.17, 15) is 9.90 Å². The molecule has 7 rings (SSSR count). The van der Waals surface area contributed by atoms with Crippen LogP contribution in [0.2, 0.25) is 0 Å². The molecule has 1 aliphatic heterocycles. The van der Waals surface area contributed by atoms with Gasteiger partial charge in [0, 0.05) is 30.1 Å². The Hall–Kier alpha value is -5.34. The van der Waals surface area contributed by atoms with Crippen molar-refractivity contribution in [2.24, 2.45) is 7.05 Å². The number of hydrogen-bond donors (Lipinski definition) is 2. The molecule has 2 heterocycles. The van der Waals surface area contributed by atoms with Crippen LogP contribution in [-0.2, 0) is 22.1 Å². The number of alkyl carbamates (subject to hydrolysis) is 1. The van der Waals surface area contributed by atoms with E-state index in [0.29, 0.717) is 24.5 Å². The van der Waals surface area contributed by atoms with E-state index < -0.39 is 17.8 Å². The molecule has 11 heteroatoms. The molecular weight excluding hydrogens is 874 g/mol. The first-order chi connectivity index (χ1) is 28.4. The van der Waals surface area contributed by atoms with E-state index >= 15 is 0 Å². The van der Waals surface area contributed by atoms with Crippen LogP contribution in [0.25, 0.3) is 17.0 Å². The number of aryl methyl sites for hydroxylation is 1. The second-order valence-electron chi connectivity index (χ2n) is 13.8. The van der Waals surface area contributed by atoms with Gasteiger partial charge in [0.2, 0.25) is 5.52 Å². The van der Waals surface area contributed by atoms with E-state index in [0.717, 1.165) is 33.0 Å². The average molecular weight is 922 g/mol. The van der Waals surface area contributed by atoms with Gasteiger partial charge < -0.3 is 58.2 Å². The van der Waals surface area contributed by atoms with E-state index in [-0.39, 0.29) is 43.7 Å². The van der Waals surface area contributed by atoms with Gasteiger partial charge in [-0.25, -0.2) is 9.36 Å². The molecule has 0 aliphatic carbocycles. The van der Waals surface area contributed by atoms with E-state index in [4.69, 9.17) is 18.9 Å². The van der Waals surface area contributed by atoms with Crippen LogP contribution < -0.4 is 48.2 Å². The largest absolute Gasteiger partial charge is 1.00 e. The fourth-order valence-electron chi connectivity index (χ4n) is 7.17. The number of pyridine rings is 1. The maximum absolute atomic E-state index is 12.8. The molecule has 1 atom stereocenters. The Morgan fingerprint density at radius 2 is 1.46 bits per heavy atom. The Kier molecular flexibility index (Phi) is 15.1. The zero-order valence-corrected chi connectivity index (χ0v) is 36.3. The van der Waals surface area contributed by atoms with Gasteiger partial charge in [-0.15, -0.1) is 0 Å². The van der Waals surface area contributed by atoms with E-state index in [1.54, 1.807) is 26.0 Å². The van der Waals surface area contributed by atoms with Crippen molar-refractivity contribution >= 4 is 40.5 Å². The van der Waals surface area contributed by atoms with Crippen molar-refractivity contribution < 1.29 is 57.4 Å². The minimum absolute atomic E-state index is 0. The Balaban J connectivity index is 0.00000585. The molecule has 304 valence electrons. The normalized spacial score (nSPS) is 13.6. The van der Waals surface area contributed by atoms with Gasteiger partial charge in [0.15, 0.2) is 6.20 Å². The Morgan fingerprint density at radius 3 is 2.15 bits per heavy atom. The highest BCUT2D eigenvalue weighted by Crippen LogP contribution is 2.46. The van der Waals surface area contributed by atoms with E-state index in [1.807, 2.05) is 91.0 Å². The lowest BCUT2D eigenvalue weighted by atomic mass is 9.80. The predicted molar refractivity (Wildman–Crippen MR) is 230 cm³/mol. The number of rotatable bonds is 16. The van der Waals surface area contributed by atoms with Crippen molar-refractivity contribution in [3.63, 3.8) is 0 Å². The lowest BCUT2D eigenvalue weighted by Gasteiger charge is -2.36. The van der Waals surface area contributed by atoms with Crippen LogP contribution in [0.15, 0.2) is 162 Å². The SMILES string of the molecule is COc1ccc(C(OC[C@@H](O)CNC(=O)OCCCN2/C(=C/C=C/c3cc[n+](C)c4ccccc34)Sc3ccccc32)(c2ccccc2)c2ccc(OC)cc2)cc1.[I-]. The molecule has 0 saturated carbocycles. The van der Waals surface area contributed by atoms with Crippen molar-refractivity contribution in [3.05, 3.63) is 179 Å². The number of amides is 1. The Morgan fingerprint density at radius 1 is 0.831 bits per heavy atom. The molecule has 6 aromatic rings. The second kappa shape index (κ2) is 20.6. The third-order valence-electron chi connectivity index (χ3n) is 10.1. The van der Waals surface area contributed by atoms with Crippen molar-refractivity contribution in [1.29, 1.82) is 0 Å². The van der Waals surface area contributed by atoms with E-state index in [2.05, 4.69) is 88.7 Å². The molecule has 1 amide bonds. The first-order valence-electron chi connectivity index (χ1n) is 19.3. The number of thioether (sulfide) groups is 1. The maximum Gasteiger partial charge on any atom is 0.407 e. The number of para-hydroxylation sites is 2. The molecule has 1 aromatic heterocycles. The molecule has 1 aliphatic rings. The van der Waals surface area contributed by atoms with Crippen LogP contribution in [0.4, 0.5) is 10.5 Å². The zero-order chi connectivity index (χ0) is 40.3. The number of hydrogen-bond acceptors (Lipinski definition) is 8. The molecule has 0 radical (unpaired) electrons. The summed E-state index contributed by atoms with van der Waals surface area (Å²) >= 11 is 1.73. The Labute approximate surface area is 367 Å². The highest BCUT2D eigenvalue weighted by molar-refractivity contribution is 8.03. The average Bonchev–Trinajstić information content (AvgIpc) is 3.63. The van der Waals surface area contributed by atoms with Gasteiger partial charge in [0.1, 0.15) is 24.1 Å². The van der Waals surface area contributed by atoms with Crippen LogP contribution >= 0.6 is 11.8 Å². The minimum atomic E-state index is -1.09. The summed E-state index contributed by atoms with van der Waals surface area (Å²) in [5.41, 5.74) is 4.93. The topological polar surface area (TPSA) is 93.4 Å². The first-order valence-corrected chi connectivity index (χ1v) is 20.1. The fourth-order valence-corrected chi connectivity index (χ4v) is 8.27. The number of carbonyl (C=O) groups is 1. The van der Waals surface area contributed by atoms with Gasteiger partial charge in [0.25, 0.3) is 0 Å². The monoisotopic (exact) mass is 921 g/mol. The number of aromatic nitrogens is 1. The van der Waals surface area contributed by atoms with Gasteiger partial charge in [-0.3, -0.25) is 0 Å². The summed E-state index contributed by atoms with van der Waals surface area (Å²) in [5.74, 6) is 1.42. The third kappa shape index (κ3) is 10.1. The predicted octanol–water partition coefficient (Wildman–Crippen LogP) is 5.64. The number of methoxy groups -OCH3 is 2. The number of anilines is 1. The molecule has 0 spiro atoms. The van der Waals surface area contributed by atoms with Crippen LogP contribution in [0.1, 0.15) is 28.7 Å². The number of carbonyl (C=O) groups excluding carboxylic acids is 1. The number of nitrogens with zero attached hydrogens (tertiary/aromatic N) is 2. The molecule has 0 saturated heterocycles.